The van der Waals surface area contributed by atoms with Crippen molar-refractivity contribution in [1.29, 1.82) is 0 Å². The number of aromatic nitrogens is 2. The molecule has 0 aliphatic rings. The first-order chi connectivity index (χ1) is 6.20. The molecule has 1 aromatic rings. The van der Waals surface area contributed by atoms with Gasteiger partial charge in [0.15, 0.2) is 5.82 Å². The third-order valence-corrected chi connectivity index (χ3v) is 2.05. The van der Waals surface area contributed by atoms with Crippen LogP contribution in [0.25, 0.3) is 0 Å². The van der Waals surface area contributed by atoms with Crippen molar-refractivity contribution < 1.29 is 4.79 Å². The summed E-state index contributed by atoms with van der Waals surface area (Å²) in [6.45, 7) is 3.84. The van der Waals surface area contributed by atoms with Crippen LogP contribution < -0.4 is 0 Å². The average Bonchev–Trinajstić information content (AvgIpc) is 2.53. The monoisotopic (exact) mass is 178 g/mol. The predicted molar refractivity (Wildman–Crippen MR) is 51.6 cm³/mol. The lowest BCUT2D eigenvalue weighted by Crippen LogP contribution is -2.09. The minimum atomic E-state index is 0.0255. The standard InChI is InChI=1S/C10H14N2O/c1-4-8(5-2)9(13)10-11-6-7-12(10)3/h4,6-7H,5H2,1-3H3/b8-4-. The molecule has 0 atom stereocenters. The number of allylic oxidation sites excluding steroid dienone is 2. The third kappa shape index (κ3) is 1.86. The molecule has 13 heavy (non-hydrogen) atoms. The van der Waals surface area contributed by atoms with E-state index in [1.165, 1.54) is 0 Å². The number of aryl methyl sites for hydroxylation is 1. The Morgan fingerprint density at radius 2 is 2.38 bits per heavy atom. The van der Waals surface area contributed by atoms with Crippen molar-refractivity contribution >= 4 is 5.78 Å². The zero-order valence-electron chi connectivity index (χ0n) is 8.24. The Morgan fingerprint density at radius 1 is 1.69 bits per heavy atom. The van der Waals surface area contributed by atoms with E-state index in [0.717, 1.165) is 12.0 Å². The summed E-state index contributed by atoms with van der Waals surface area (Å²) in [6.07, 6.45) is 6.01. The number of hydrogen-bond acceptors (Lipinski definition) is 2. The Hall–Kier alpha value is -1.38. The van der Waals surface area contributed by atoms with Crippen LogP contribution in [0.3, 0.4) is 0 Å². The van der Waals surface area contributed by atoms with Gasteiger partial charge in [-0.3, -0.25) is 4.79 Å². The number of rotatable bonds is 3. The topological polar surface area (TPSA) is 34.9 Å². The van der Waals surface area contributed by atoms with Crippen LogP contribution in [-0.4, -0.2) is 15.3 Å². The average molecular weight is 178 g/mol. The third-order valence-electron chi connectivity index (χ3n) is 2.05. The van der Waals surface area contributed by atoms with Gasteiger partial charge in [-0.25, -0.2) is 4.98 Å². The zero-order valence-corrected chi connectivity index (χ0v) is 8.24. The molecular weight excluding hydrogens is 164 g/mol. The first-order valence-electron chi connectivity index (χ1n) is 4.37. The van der Waals surface area contributed by atoms with Crippen molar-refractivity contribution in [2.45, 2.75) is 20.3 Å². The highest BCUT2D eigenvalue weighted by molar-refractivity contribution is 6.06. The fourth-order valence-corrected chi connectivity index (χ4v) is 1.22. The maximum Gasteiger partial charge on any atom is 0.224 e. The molecule has 0 spiro atoms. The fraction of sp³-hybridized carbons (Fsp3) is 0.400. The van der Waals surface area contributed by atoms with Gasteiger partial charge in [0, 0.05) is 19.4 Å². The molecule has 1 aromatic heterocycles. The summed E-state index contributed by atoms with van der Waals surface area (Å²) in [5, 5.41) is 0. The van der Waals surface area contributed by atoms with E-state index >= 15 is 0 Å². The van der Waals surface area contributed by atoms with Gasteiger partial charge in [-0.1, -0.05) is 13.0 Å². The maximum absolute atomic E-state index is 11.7. The molecule has 0 saturated heterocycles. The quantitative estimate of drug-likeness (QED) is 0.524. The SMILES string of the molecule is C/C=C(/CC)C(=O)c1nccn1C. The van der Waals surface area contributed by atoms with Gasteiger partial charge in [0.05, 0.1) is 0 Å². The van der Waals surface area contributed by atoms with Crippen LogP contribution in [0.15, 0.2) is 24.0 Å². The first kappa shape index (κ1) is 9.71. The fourth-order valence-electron chi connectivity index (χ4n) is 1.22. The molecule has 3 heteroatoms. The second-order valence-electron chi connectivity index (χ2n) is 2.86. The zero-order chi connectivity index (χ0) is 9.84. The Balaban J connectivity index is 2.98. The second kappa shape index (κ2) is 4.03. The van der Waals surface area contributed by atoms with Crippen LogP contribution in [0.5, 0.6) is 0 Å². The highest BCUT2D eigenvalue weighted by Crippen LogP contribution is 2.08. The van der Waals surface area contributed by atoms with Gasteiger partial charge in [-0.05, 0) is 18.9 Å². The molecule has 0 N–H and O–H groups in total. The minimum absolute atomic E-state index is 0.0255. The van der Waals surface area contributed by atoms with Crippen LogP contribution in [0, 0.1) is 0 Å². The number of Topliss-reactive ketones (excluding diaryl/α,β-unsaturated/α-hetero) is 1. The van der Waals surface area contributed by atoms with Gasteiger partial charge >= 0.3 is 0 Å². The Kier molecular flexibility index (Phi) is 3.01. The van der Waals surface area contributed by atoms with Gasteiger partial charge in [-0.2, -0.15) is 0 Å². The van der Waals surface area contributed by atoms with E-state index in [4.69, 9.17) is 0 Å². The van der Waals surface area contributed by atoms with E-state index in [0.29, 0.717) is 5.82 Å². The molecule has 0 aliphatic heterocycles. The largest absolute Gasteiger partial charge is 0.331 e. The van der Waals surface area contributed by atoms with Gasteiger partial charge in [0.1, 0.15) is 0 Å². The summed E-state index contributed by atoms with van der Waals surface area (Å²) >= 11 is 0. The van der Waals surface area contributed by atoms with Gasteiger partial charge in [0.2, 0.25) is 5.78 Å². The van der Waals surface area contributed by atoms with E-state index < -0.39 is 0 Å². The van der Waals surface area contributed by atoms with E-state index in [9.17, 15) is 4.79 Å². The number of hydrogen-bond donors (Lipinski definition) is 0. The Morgan fingerprint density at radius 3 is 2.77 bits per heavy atom. The molecule has 0 bridgehead atoms. The van der Waals surface area contributed by atoms with Crippen LogP contribution in [0.1, 0.15) is 30.9 Å². The van der Waals surface area contributed by atoms with Crippen molar-refractivity contribution in [3.05, 3.63) is 29.9 Å². The molecule has 1 rings (SSSR count). The Bertz CT molecular complexity index is 336. The molecule has 1 heterocycles. The Labute approximate surface area is 78.1 Å². The molecule has 0 amide bonds. The number of imidazole rings is 1. The van der Waals surface area contributed by atoms with Crippen LogP contribution in [-0.2, 0) is 7.05 Å². The maximum atomic E-state index is 11.7. The molecule has 70 valence electrons. The van der Waals surface area contributed by atoms with Crippen molar-refractivity contribution in [3.8, 4) is 0 Å². The van der Waals surface area contributed by atoms with Crippen LogP contribution in [0.2, 0.25) is 0 Å². The summed E-state index contributed by atoms with van der Waals surface area (Å²) < 4.78 is 1.74. The van der Waals surface area contributed by atoms with Crippen molar-refractivity contribution in [1.82, 2.24) is 9.55 Å². The molecule has 3 nitrogen and oxygen atoms in total. The van der Waals surface area contributed by atoms with Crippen molar-refractivity contribution in [2.75, 3.05) is 0 Å². The number of ketones is 1. The van der Waals surface area contributed by atoms with Crippen molar-refractivity contribution in [2.24, 2.45) is 7.05 Å². The minimum Gasteiger partial charge on any atom is -0.331 e. The highest BCUT2D eigenvalue weighted by Gasteiger charge is 2.13. The summed E-state index contributed by atoms with van der Waals surface area (Å²) in [5.74, 6) is 0.535. The first-order valence-corrected chi connectivity index (χ1v) is 4.37. The van der Waals surface area contributed by atoms with E-state index in [1.807, 2.05) is 27.0 Å². The number of carbonyl (C=O) groups excluding carboxylic acids is 1. The highest BCUT2D eigenvalue weighted by atomic mass is 16.1. The molecule has 0 saturated carbocycles. The van der Waals surface area contributed by atoms with Gasteiger partial charge in [0.25, 0.3) is 0 Å². The lowest BCUT2D eigenvalue weighted by molar-refractivity contribution is 0.101. The molecule has 0 aliphatic carbocycles. The number of carbonyl (C=O) groups is 1. The smallest absolute Gasteiger partial charge is 0.224 e. The van der Waals surface area contributed by atoms with Crippen LogP contribution in [0.4, 0.5) is 0 Å². The van der Waals surface area contributed by atoms with Crippen molar-refractivity contribution in [3.63, 3.8) is 0 Å². The summed E-state index contributed by atoms with van der Waals surface area (Å²) in [6, 6.07) is 0. The molecular formula is C10H14N2O. The lowest BCUT2D eigenvalue weighted by atomic mass is 10.1. The number of nitrogens with zero attached hydrogens (tertiary/aromatic N) is 2. The van der Waals surface area contributed by atoms with E-state index in [1.54, 1.807) is 17.0 Å². The summed E-state index contributed by atoms with van der Waals surface area (Å²) in [7, 11) is 1.82. The second-order valence-corrected chi connectivity index (χ2v) is 2.86. The summed E-state index contributed by atoms with van der Waals surface area (Å²) in [4.78, 5) is 15.7. The summed E-state index contributed by atoms with van der Waals surface area (Å²) in [5.41, 5.74) is 0.814. The van der Waals surface area contributed by atoms with E-state index in [-0.39, 0.29) is 5.78 Å². The molecule has 0 aromatic carbocycles. The van der Waals surface area contributed by atoms with Crippen LogP contribution >= 0.6 is 0 Å². The van der Waals surface area contributed by atoms with Gasteiger partial charge < -0.3 is 4.57 Å². The molecule has 0 fully saturated rings. The van der Waals surface area contributed by atoms with E-state index in [2.05, 4.69) is 4.98 Å². The molecule has 0 radical (unpaired) electrons. The lowest BCUT2D eigenvalue weighted by Gasteiger charge is -2.02. The predicted octanol–water partition coefficient (Wildman–Crippen LogP) is 1.96. The van der Waals surface area contributed by atoms with Gasteiger partial charge in [-0.15, -0.1) is 0 Å². The normalized spacial score (nSPS) is 11.8. The molecule has 0 unspecified atom stereocenters.